The second-order valence-corrected chi connectivity index (χ2v) is 16.0. The molecular formula is C38H49BrN6O5S. The number of ether oxygens (including phenoxy) is 1. The van der Waals surface area contributed by atoms with Crippen molar-refractivity contribution in [2.75, 3.05) is 51.2 Å². The number of piperidine rings is 1. The largest absolute Gasteiger partial charge is 0.444 e. The molecule has 3 fully saturated rings. The molecule has 0 aliphatic carbocycles. The third kappa shape index (κ3) is 9.17. The number of nitro benzene ring substituents is 1. The summed E-state index contributed by atoms with van der Waals surface area (Å²) < 4.78 is 25.3. The van der Waals surface area contributed by atoms with Crippen LogP contribution in [0.2, 0.25) is 0 Å². The highest BCUT2D eigenvalue weighted by Gasteiger charge is 2.51. The van der Waals surface area contributed by atoms with Crippen LogP contribution in [0.4, 0.5) is 16.2 Å². The van der Waals surface area contributed by atoms with Crippen LogP contribution in [0, 0.1) is 10.1 Å². The van der Waals surface area contributed by atoms with Crippen LogP contribution >= 0.6 is 15.9 Å². The first-order chi connectivity index (χ1) is 24.4. The van der Waals surface area contributed by atoms with E-state index in [9.17, 15) is 19.1 Å². The van der Waals surface area contributed by atoms with Crippen molar-refractivity contribution in [2.45, 2.75) is 76.0 Å². The zero-order chi connectivity index (χ0) is 36.9. The number of halogens is 1. The summed E-state index contributed by atoms with van der Waals surface area (Å²) in [6.45, 7) is 14.6. The molecule has 3 unspecified atom stereocenters. The Balaban J connectivity index is 0.00000248. The maximum absolute atomic E-state index is 13.8. The van der Waals surface area contributed by atoms with Gasteiger partial charge in [0.05, 0.1) is 21.8 Å². The maximum atomic E-state index is 13.8. The van der Waals surface area contributed by atoms with Gasteiger partial charge in [-0.05, 0) is 88.2 Å². The number of rotatable bonds is 7. The number of hydrogen-bond acceptors (Lipinski definition) is 7. The van der Waals surface area contributed by atoms with E-state index in [-0.39, 0.29) is 29.8 Å². The number of hydrogen-bond donors (Lipinski definition) is 0. The molecule has 3 saturated heterocycles. The molecule has 0 radical (unpaired) electrons. The van der Waals surface area contributed by atoms with Crippen LogP contribution in [0.15, 0.2) is 86.6 Å². The van der Waals surface area contributed by atoms with E-state index in [4.69, 9.17) is 9.13 Å². The standard InChI is InChI=1S/C36H43BrN6O5S.C2H6/c1-36(2,3)48-35(44)41-19-17-29(18-20-41)42-33(26-5-9-27(37)10-6-26)32(25-7-11-28(12-8-25)40-23-21-39(4)22-24-40)34(42)38-49(47)31-15-13-30(14-16-31)43(45)46;1-2/h5-16,29,32-33H,17-24H2,1-4H3;1-2H3. The summed E-state index contributed by atoms with van der Waals surface area (Å²) in [5.74, 6) is 0.543. The number of nitrogens with zero attached hydrogens (tertiary/aromatic N) is 6. The predicted molar refractivity (Wildman–Crippen MR) is 207 cm³/mol. The van der Waals surface area contributed by atoms with Gasteiger partial charge in [0.15, 0.2) is 11.0 Å². The topological polar surface area (TPSA) is 112 Å². The molecule has 11 nitrogen and oxygen atoms in total. The molecule has 0 N–H and O–H groups in total. The average molecular weight is 782 g/mol. The van der Waals surface area contributed by atoms with Gasteiger partial charge in [0, 0.05) is 67.6 Å². The van der Waals surface area contributed by atoms with Crippen LogP contribution in [-0.4, -0.2) is 93.7 Å². The molecule has 274 valence electrons. The summed E-state index contributed by atoms with van der Waals surface area (Å²) in [4.78, 5) is 32.9. The van der Waals surface area contributed by atoms with Gasteiger partial charge in [0.1, 0.15) is 11.4 Å². The zero-order valence-corrected chi connectivity index (χ0v) is 32.7. The minimum atomic E-state index is -1.80. The van der Waals surface area contributed by atoms with E-state index in [1.165, 1.54) is 30.0 Å². The zero-order valence-electron chi connectivity index (χ0n) is 30.3. The van der Waals surface area contributed by atoms with Crippen molar-refractivity contribution in [2.24, 2.45) is 4.40 Å². The first kappa shape index (κ1) is 38.4. The van der Waals surface area contributed by atoms with Gasteiger partial charge in [-0.25, -0.2) is 9.00 Å². The fourth-order valence-electron chi connectivity index (χ4n) is 6.82. The van der Waals surface area contributed by atoms with Gasteiger partial charge in [0.25, 0.3) is 5.69 Å². The van der Waals surface area contributed by atoms with Crippen LogP contribution < -0.4 is 4.90 Å². The van der Waals surface area contributed by atoms with Crippen molar-refractivity contribution in [1.82, 2.24) is 14.7 Å². The summed E-state index contributed by atoms with van der Waals surface area (Å²) >= 11 is 3.58. The third-order valence-corrected chi connectivity index (χ3v) is 11.0. The highest BCUT2D eigenvalue weighted by atomic mass is 79.9. The molecule has 3 aromatic rings. The lowest BCUT2D eigenvalue weighted by Gasteiger charge is -2.55. The normalized spacial score (nSPS) is 21.4. The molecule has 1 amide bonds. The van der Waals surface area contributed by atoms with Gasteiger partial charge < -0.3 is 24.3 Å². The lowest BCUT2D eigenvalue weighted by Crippen LogP contribution is -2.60. The van der Waals surface area contributed by atoms with Crippen LogP contribution in [0.3, 0.4) is 0 Å². The SMILES string of the molecule is CC.CN1CCN(c2ccc(C3C(=NS(=O)c4ccc([N+](=O)[O-])cc4)N(C4CCN(C(=O)OC(C)(C)C)CC4)C3c3ccc(Br)cc3)cc2)CC1. The first-order valence-electron chi connectivity index (χ1n) is 17.7. The summed E-state index contributed by atoms with van der Waals surface area (Å²) in [5, 5.41) is 11.3. The average Bonchev–Trinajstić information content (AvgIpc) is 3.11. The number of amidine groups is 1. The van der Waals surface area contributed by atoms with Crippen molar-refractivity contribution in [3.8, 4) is 0 Å². The van der Waals surface area contributed by atoms with E-state index in [1.54, 1.807) is 4.90 Å². The number of nitro groups is 1. The fourth-order valence-corrected chi connectivity index (χ4v) is 7.93. The smallest absolute Gasteiger partial charge is 0.410 e. The molecule has 6 rings (SSSR count). The molecule has 13 heteroatoms. The summed E-state index contributed by atoms with van der Waals surface area (Å²) in [7, 11) is 0.350. The lowest BCUT2D eigenvalue weighted by atomic mass is 9.75. The second kappa shape index (κ2) is 16.7. The number of carbonyl (C=O) groups is 1. The summed E-state index contributed by atoms with van der Waals surface area (Å²) in [6, 6.07) is 22.7. The van der Waals surface area contributed by atoms with E-state index in [1.807, 2.05) is 46.8 Å². The van der Waals surface area contributed by atoms with E-state index < -0.39 is 21.5 Å². The van der Waals surface area contributed by atoms with Gasteiger partial charge in [-0.2, -0.15) is 4.40 Å². The monoisotopic (exact) mass is 780 g/mol. The molecule has 3 aromatic carbocycles. The summed E-state index contributed by atoms with van der Waals surface area (Å²) in [5.41, 5.74) is 2.73. The van der Waals surface area contributed by atoms with Crippen molar-refractivity contribution < 1.29 is 18.7 Å². The maximum Gasteiger partial charge on any atom is 0.410 e. The molecule has 3 aliphatic rings. The minimum absolute atomic E-state index is 0.0424. The molecule has 3 aliphatic heterocycles. The molecule has 0 bridgehead atoms. The minimum Gasteiger partial charge on any atom is -0.444 e. The highest BCUT2D eigenvalue weighted by molar-refractivity contribution is 9.10. The molecule has 3 heterocycles. The Bertz CT molecular complexity index is 1700. The first-order valence-corrected chi connectivity index (χ1v) is 19.6. The number of benzene rings is 3. The van der Waals surface area contributed by atoms with E-state index >= 15 is 0 Å². The number of non-ortho nitro benzene ring substituents is 1. The number of piperazine rings is 1. The Morgan fingerprint density at radius 1 is 0.882 bits per heavy atom. The van der Waals surface area contributed by atoms with E-state index in [2.05, 4.69) is 74.1 Å². The Hall–Kier alpha value is -3.81. The van der Waals surface area contributed by atoms with Gasteiger partial charge >= 0.3 is 6.09 Å². The van der Waals surface area contributed by atoms with Crippen LogP contribution in [0.5, 0.6) is 0 Å². The number of carbonyl (C=O) groups excluding carboxylic acids is 1. The third-order valence-electron chi connectivity index (χ3n) is 9.43. The van der Waals surface area contributed by atoms with Gasteiger partial charge in [-0.3, -0.25) is 10.1 Å². The number of likely N-dealkylation sites (N-methyl/N-ethyl adjacent to an activating group) is 1. The Labute approximate surface area is 312 Å². The van der Waals surface area contributed by atoms with Gasteiger partial charge in [0.2, 0.25) is 0 Å². The van der Waals surface area contributed by atoms with Crippen molar-refractivity contribution >= 4 is 50.2 Å². The van der Waals surface area contributed by atoms with E-state index in [0.717, 1.165) is 41.8 Å². The molecule has 3 atom stereocenters. The van der Waals surface area contributed by atoms with Gasteiger partial charge in [-0.1, -0.05) is 54.0 Å². The van der Waals surface area contributed by atoms with Crippen molar-refractivity contribution in [3.63, 3.8) is 0 Å². The Morgan fingerprint density at radius 3 is 2.00 bits per heavy atom. The quantitative estimate of drug-likeness (QED) is 0.177. The molecule has 0 spiro atoms. The van der Waals surface area contributed by atoms with Crippen molar-refractivity contribution in [3.05, 3.63) is 98.5 Å². The molecule has 51 heavy (non-hydrogen) atoms. The predicted octanol–water partition coefficient (Wildman–Crippen LogP) is 7.80. The highest BCUT2D eigenvalue weighted by Crippen LogP contribution is 2.50. The van der Waals surface area contributed by atoms with Crippen LogP contribution in [0.1, 0.15) is 70.5 Å². The Kier molecular flexibility index (Phi) is 12.6. The second-order valence-electron chi connectivity index (χ2n) is 13.9. The lowest BCUT2D eigenvalue weighted by molar-refractivity contribution is -0.384. The molecular weight excluding hydrogens is 732 g/mol. The van der Waals surface area contributed by atoms with E-state index in [0.29, 0.717) is 36.7 Å². The number of likely N-dealkylation sites (tertiary alicyclic amines) is 2. The Morgan fingerprint density at radius 2 is 1.45 bits per heavy atom. The fraction of sp³-hybridized carbons (Fsp3) is 0.474. The molecule has 0 aromatic heterocycles. The van der Waals surface area contributed by atoms with Crippen LogP contribution in [0.25, 0.3) is 0 Å². The number of amides is 1. The van der Waals surface area contributed by atoms with Gasteiger partial charge in [-0.15, -0.1) is 0 Å². The molecule has 0 saturated carbocycles. The summed E-state index contributed by atoms with van der Waals surface area (Å²) in [6.07, 6.45) is 1.08. The van der Waals surface area contributed by atoms with Crippen molar-refractivity contribution in [1.29, 1.82) is 0 Å². The number of anilines is 1. The van der Waals surface area contributed by atoms with Crippen LogP contribution in [-0.2, 0) is 15.7 Å².